The van der Waals surface area contributed by atoms with Crippen LogP contribution in [0.4, 0.5) is 0 Å². The van der Waals surface area contributed by atoms with E-state index in [-0.39, 0.29) is 0 Å². The fraction of sp³-hybridized carbons (Fsp3) is 0.706. The molecule has 0 nitrogen and oxygen atoms in total. The first-order valence-electron chi connectivity index (χ1n) is 7.47. The second kappa shape index (κ2) is 15.5. The van der Waals surface area contributed by atoms with Gasteiger partial charge in [-0.15, -0.1) is 6.58 Å². The third-order valence-electron chi connectivity index (χ3n) is 3.07. The highest BCUT2D eigenvalue weighted by Gasteiger charge is 1.89. The zero-order chi connectivity index (χ0) is 12.6. The lowest BCUT2D eigenvalue weighted by Gasteiger charge is -1.99. The van der Waals surface area contributed by atoms with Crippen LogP contribution in [0, 0.1) is 6.92 Å². The van der Waals surface area contributed by atoms with E-state index in [1.807, 2.05) is 6.08 Å². The minimum Gasteiger partial charge on any atom is -0.103 e. The molecule has 0 unspecified atom stereocenters. The molecule has 0 bridgehead atoms. The molecule has 0 aliphatic rings. The molecule has 0 saturated heterocycles. The molecule has 17 heavy (non-hydrogen) atoms. The quantitative estimate of drug-likeness (QED) is 0.262. The molecule has 0 heteroatoms. The summed E-state index contributed by atoms with van der Waals surface area (Å²) in [5, 5.41) is 0. The summed E-state index contributed by atoms with van der Waals surface area (Å²) in [4.78, 5) is 0. The van der Waals surface area contributed by atoms with Gasteiger partial charge in [0.15, 0.2) is 0 Å². The molecule has 0 aliphatic carbocycles. The second-order valence-electron chi connectivity index (χ2n) is 4.81. The van der Waals surface area contributed by atoms with Crippen molar-refractivity contribution in [3.63, 3.8) is 0 Å². The van der Waals surface area contributed by atoms with E-state index in [2.05, 4.69) is 25.7 Å². The summed E-state index contributed by atoms with van der Waals surface area (Å²) in [6.45, 7) is 7.59. The first-order valence-corrected chi connectivity index (χ1v) is 7.47. The van der Waals surface area contributed by atoms with Crippen LogP contribution in [0.2, 0.25) is 0 Å². The van der Waals surface area contributed by atoms with Crippen LogP contribution in [-0.4, -0.2) is 0 Å². The van der Waals surface area contributed by atoms with E-state index in [0.717, 1.165) is 6.42 Å². The monoisotopic (exact) mass is 235 g/mol. The molecule has 0 aromatic heterocycles. The van der Waals surface area contributed by atoms with Crippen molar-refractivity contribution in [1.82, 2.24) is 0 Å². The Kier molecular flexibility index (Phi) is 15.0. The molecule has 1 radical (unpaired) electrons. The van der Waals surface area contributed by atoms with Crippen molar-refractivity contribution in [2.75, 3.05) is 0 Å². The van der Waals surface area contributed by atoms with Gasteiger partial charge in [0.05, 0.1) is 0 Å². The zero-order valence-electron chi connectivity index (χ0n) is 11.6. The first kappa shape index (κ1) is 16.5. The van der Waals surface area contributed by atoms with Crippen molar-refractivity contribution in [2.45, 2.75) is 77.0 Å². The first-order chi connectivity index (χ1) is 8.41. The fourth-order valence-electron chi connectivity index (χ4n) is 1.93. The van der Waals surface area contributed by atoms with Gasteiger partial charge in [-0.1, -0.05) is 63.7 Å². The predicted octanol–water partition coefficient (Wildman–Crippen LogP) is 6.24. The number of allylic oxidation sites excluding steroid dienone is 3. The van der Waals surface area contributed by atoms with Crippen LogP contribution in [-0.2, 0) is 0 Å². The van der Waals surface area contributed by atoms with Gasteiger partial charge in [-0.2, -0.15) is 0 Å². The molecular weight excluding hydrogens is 204 g/mol. The highest BCUT2D eigenvalue weighted by Crippen LogP contribution is 2.09. The SMILES string of the molecule is [CH2]CCCCC=CCCCCCCCCC=C. The highest BCUT2D eigenvalue weighted by atomic mass is 14.0. The molecule has 0 aliphatic heterocycles. The van der Waals surface area contributed by atoms with Gasteiger partial charge in [0.1, 0.15) is 0 Å². The topological polar surface area (TPSA) is 0 Å². The van der Waals surface area contributed by atoms with Crippen molar-refractivity contribution < 1.29 is 0 Å². The maximum atomic E-state index is 3.85. The van der Waals surface area contributed by atoms with Crippen molar-refractivity contribution >= 4 is 0 Å². The average Bonchev–Trinajstić information content (AvgIpc) is 2.35. The Morgan fingerprint density at radius 2 is 1.06 bits per heavy atom. The minimum atomic E-state index is 1.08. The van der Waals surface area contributed by atoms with Crippen LogP contribution in [0.1, 0.15) is 77.0 Å². The molecule has 99 valence electrons. The zero-order valence-corrected chi connectivity index (χ0v) is 11.6. The summed E-state index contributed by atoms with van der Waals surface area (Å²) in [5.74, 6) is 0. The van der Waals surface area contributed by atoms with Gasteiger partial charge >= 0.3 is 0 Å². The molecule has 0 aromatic carbocycles. The van der Waals surface area contributed by atoms with Crippen molar-refractivity contribution in [3.05, 3.63) is 31.7 Å². The van der Waals surface area contributed by atoms with Crippen molar-refractivity contribution in [1.29, 1.82) is 0 Å². The third-order valence-corrected chi connectivity index (χ3v) is 3.07. The Balaban J connectivity index is 2.99. The lowest BCUT2D eigenvalue weighted by atomic mass is 10.1. The van der Waals surface area contributed by atoms with E-state index < -0.39 is 0 Å². The van der Waals surface area contributed by atoms with Gasteiger partial charge in [-0.05, 0) is 38.5 Å². The number of unbranched alkanes of at least 4 members (excludes halogenated alkanes) is 10. The number of hydrogen-bond acceptors (Lipinski definition) is 0. The van der Waals surface area contributed by atoms with E-state index in [1.54, 1.807) is 0 Å². The van der Waals surface area contributed by atoms with E-state index in [9.17, 15) is 0 Å². The average molecular weight is 235 g/mol. The summed E-state index contributed by atoms with van der Waals surface area (Å²) < 4.78 is 0. The molecule has 0 spiro atoms. The Morgan fingerprint density at radius 1 is 0.588 bits per heavy atom. The summed E-state index contributed by atoms with van der Waals surface area (Å²) in [5.41, 5.74) is 0. The standard InChI is InChI=1S/C17H31/c1-3-5-7-9-11-13-15-17-16-14-12-10-8-6-4-2/h3,12,14H,1-2,4-11,13,15-17H2. The smallest absolute Gasteiger partial charge is 0.0351 e. The Hall–Kier alpha value is -0.520. The maximum Gasteiger partial charge on any atom is -0.0351 e. The maximum absolute atomic E-state index is 3.85. The minimum absolute atomic E-state index is 1.08. The summed E-state index contributed by atoms with van der Waals surface area (Å²) in [6.07, 6.45) is 22.4. The van der Waals surface area contributed by atoms with Crippen molar-refractivity contribution in [3.8, 4) is 0 Å². The number of rotatable bonds is 13. The molecule has 0 atom stereocenters. The van der Waals surface area contributed by atoms with Gasteiger partial charge in [-0.25, -0.2) is 0 Å². The van der Waals surface area contributed by atoms with Crippen LogP contribution in [0.25, 0.3) is 0 Å². The predicted molar refractivity (Wildman–Crippen MR) is 80.1 cm³/mol. The third kappa shape index (κ3) is 15.5. The van der Waals surface area contributed by atoms with Crippen molar-refractivity contribution in [2.24, 2.45) is 0 Å². The molecule has 0 saturated carbocycles. The largest absolute Gasteiger partial charge is 0.103 e. The van der Waals surface area contributed by atoms with E-state index in [4.69, 9.17) is 0 Å². The summed E-state index contributed by atoms with van der Waals surface area (Å²) >= 11 is 0. The molecule has 0 aromatic rings. The van der Waals surface area contributed by atoms with Gasteiger partial charge < -0.3 is 0 Å². The summed E-state index contributed by atoms with van der Waals surface area (Å²) in [7, 11) is 0. The van der Waals surface area contributed by atoms with Crippen LogP contribution in [0.15, 0.2) is 24.8 Å². The van der Waals surface area contributed by atoms with E-state index >= 15 is 0 Å². The molecule has 0 rings (SSSR count). The van der Waals surface area contributed by atoms with Gasteiger partial charge in [0, 0.05) is 0 Å². The van der Waals surface area contributed by atoms with E-state index in [0.29, 0.717) is 0 Å². The fourth-order valence-corrected chi connectivity index (χ4v) is 1.93. The molecule has 0 fully saturated rings. The lowest BCUT2D eigenvalue weighted by Crippen LogP contribution is -1.79. The normalized spacial score (nSPS) is 11.1. The molecule has 0 heterocycles. The van der Waals surface area contributed by atoms with Crippen LogP contribution >= 0.6 is 0 Å². The lowest BCUT2D eigenvalue weighted by molar-refractivity contribution is 0.600. The number of hydrogen-bond donors (Lipinski definition) is 0. The van der Waals surface area contributed by atoms with Gasteiger partial charge in [0.25, 0.3) is 0 Å². The van der Waals surface area contributed by atoms with Crippen LogP contribution in [0.3, 0.4) is 0 Å². The van der Waals surface area contributed by atoms with E-state index in [1.165, 1.54) is 70.6 Å². The van der Waals surface area contributed by atoms with Gasteiger partial charge in [0.2, 0.25) is 0 Å². The van der Waals surface area contributed by atoms with Crippen LogP contribution in [0.5, 0.6) is 0 Å². The second-order valence-corrected chi connectivity index (χ2v) is 4.81. The van der Waals surface area contributed by atoms with Crippen LogP contribution < -0.4 is 0 Å². The summed E-state index contributed by atoms with van der Waals surface area (Å²) in [6, 6.07) is 0. The Labute approximate surface area is 109 Å². The molecular formula is C17H31. The molecule has 0 N–H and O–H groups in total. The Morgan fingerprint density at radius 3 is 1.59 bits per heavy atom. The highest BCUT2D eigenvalue weighted by molar-refractivity contribution is 4.81. The van der Waals surface area contributed by atoms with Gasteiger partial charge in [-0.3, -0.25) is 0 Å². The Bertz CT molecular complexity index is 167. The molecule has 0 amide bonds.